The molecule has 3 rings (SSSR count). The molecule has 0 fully saturated rings. The summed E-state index contributed by atoms with van der Waals surface area (Å²) in [6.45, 7) is 3.02. The lowest BCUT2D eigenvalue weighted by Gasteiger charge is -2.25. The van der Waals surface area contributed by atoms with Gasteiger partial charge in [-0.05, 0) is 13.8 Å². The average Bonchev–Trinajstić information content (AvgIpc) is 2.74. The number of fused-ring (bicyclic) bond motifs is 2. The van der Waals surface area contributed by atoms with Crippen LogP contribution in [0, 0.1) is 5.92 Å². The third kappa shape index (κ3) is 1.49. The minimum atomic E-state index is -0.874. The molecule has 0 saturated carbocycles. The average molecular weight is 256 g/mol. The Balaban J connectivity index is 2.18. The van der Waals surface area contributed by atoms with Crippen LogP contribution in [0.4, 0.5) is 0 Å². The quantitative estimate of drug-likeness (QED) is 0.770. The highest BCUT2D eigenvalue weighted by Gasteiger charge is 2.50. The highest BCUT2D eigenvalue weighted by atomic mass is 16.5. The summed E-state index contributed by atoms with van der Waals surface area (Å²) >= 11 is 0. The van der Waals surface area contributed by atoms with Crippen molar-refractivity contribution in [1.82, 2.24) is 0 Å². The number of benzene rings is 1. The summed E-state index contributed by atoms with van der Waals surface area (Å²) < 4.78 is 5.47. The normalized spacial score (nSPS) is 24.9. The molecule has 1 heterocycles. The molecule has 0 amide bonds. The highest BCUT2D eigenvalue weighted by molar-refractivity contribution is 6.21. The molecule has 2 atom stereocenters. The van der Waals surface area contributed by atoms with E-state index in [9.17, 15) is 14.4 Å². The molecule has 0 radical (unpaired) electrons. The van der Waals surface area contributed by atoms with Crippen molar-refractivity contribution in [3.05, 3.63) is 46.7 Å². The number of rotatable bonds is 1. The number of ether oxygens (including phenoxy) is 1. The lowest BCUT2D eigenvalue weighted by molar-refractivity contribution is -0.114. The number of carbonyl (C=O) groups is 3. The van der Waals surface area contributed by atoms with Crippen molar-refractivity contribution < 1.29 is 19.1 Å². The van der Waals surface area contributed by atoms with Crippen LogP contribution in [0.2, 0.25) is 0 Å². The molecule has 0 saturated heterocycles. The fourth-order valence-electron chi connectivity index (χ4n) is 2.87. The van der Waals surface area contributed by atoms with Crippen LogP contribution in [-0.2, 0) is 9.53 Å². The van der Waals surface area contributed by atoms with Crippen molar-refractivity contribution in [3.63, 3.8) is 0 Å². The van der Waals surface area contributed by atoms with Crippen LogP contribution in [0.15, 0.2) is 35.6 Å². The molecule has 1 aromatic carbocycles. The molecule has 0 spiro atoms. The molecule has 4 nitrogen and oxygen atoms in total. The maximum Gasteiger partial charge on any atom is 0.205 e. The van der Waals surface area contributed by atoms with Gasteiger partial charge in [0, 0.05) is 16.7 Å². The van der Waals surface area contributed by atoms with Crippen LogP contribution >= 0.6 is 0 Å². The van der Waals surface area contributed by atoms with Gasteiger partial charge in [0.05, 0.1) is 5.92 Å². The Morgan fingerprint density at radius 3 is 2.26 bits per heavy atom. The van der Waals surface area contributed by atoms with Gasteiger partial charge in [-0.15, -0.1) is 0 Å². The van der Waals surface area contributed by atoms with Gasteiger partial charge in [0.2, 0.25) is 5.78 Å². The number of ketones is 3. The van der Waals surface area contributed by atoms with Crippen LogP contribution in [0.3, 0.4) is 0 Å². The van der Waals surface area contributed by atoms with Gasteiger partial charge in [0.1, 0.15) is 5.76 Å². The zero-order valence-corrected chi connectivity index (χ0v) is 10.6. The Labute approximate surface area is 110 Å². The Kier molecular flexibility index (Phi) is 2.42. The Hall–Kier alpha value is -2.23. The first kappa shape index (κ1) is 11.8. The van der Waals surface area contributed by atoms with E-state index in [1.54, 1.807) is 31.2 Å². The second-order valence-electron chi connectivity index (χ2n) is 4.82. The summed E-state index contributed by atoms with van der Waals surface area (Å²) in [7, 11) is 0. The minimum absolute atomic E-state index is 0.206. The van der Waals surface area contributed by atoms with Gasteiger partial charge in [-0.25, -0.2) is 0 Å². The molecule has 1 aliphatic heterocycles. The monoisotopic (exact) mass is 256 g/mol. The molecular formula is C15H12O4. The van der Waals surface area contributed by atoms with Gasteiger partial charge in [0.25, 0.3) is 0 Å². The van der Waals surface area contributed by atoms with Crippen molar-refractivity contribution in [2.45, 2.75) is 20.0 Å². The smallest absolute Gasteiger partial charge is 0.205 e. The maximum absolute atomic E-state index is 12.5. The van der Waals surface area contributed by atoms with E-state index in [1.165, 1.54) is 6.92 Å². The van der Waals surface area contributed by atoms with E-state index < -0.39 is 12.0 Å². The largest absolute Gasteiger partial charge is 0.485 e. The number of hydrogen-bond acceptors (Lipinski definition) is 4. The minimum Gasteiger partial charge on any atom is -0.485 e. The van der Waals surface area contributed by atoms with E-state index in [0.717, 1.165) is 0 Å². The standard InChI is InChI=1S/C15H12O4/c1-7(16)11-8(2)19-15-12(11)13(17)9-5-3-4-6-10(9)14(15)18/h3-6,12,15H,1-2H3/t12-,15+/m0/s1. The first-order valence-corrected chi connectivity index (χ1v) is 6.08. The van der Waals surface area contributed by atoms with E-state index in [1.807, 2.05) is 0 Å². The zero-order chi connectivity index (χ0) is 13.7. The van der Waals surface area contributed by atoms with Crippen molar-refractivity contribution in [2.24, 2.45) is 5.92 Å². The van der Waals surface area contributed by atoms with Gasteiger partial charge < -0.3 is 4.74 Å². The molecule has 2 aliphatic rings. The molecule has 0 aromatic heterocycles. The van der Waals surface area contributed by atoms with E-state index in [0.29, 0.717) is 22.5 Å². The van der Waals surface area contributed by atoms with Gasteiger partial charge in [0.15, 0.2) is 17.7 Å². The zero-order valence-electron chi connectivity index (χ0n) is 10.6. The van der Waals surface area contributed by atoms with Crippen LogP contribution in [0.5, 0.6) is 0 Å². The Bertz CT molecular complexity index is 654. The molecule has 0 N–H and O–H groups in total. The second-order valence-corrected chi connectivity index (χ2v) is 4.82. The third-order valence-corrected chi connectivity index (χ3v) is 3.67. The summed E-state index contributed by atoms with van der Waals surface area (Å²) in [4.78, 5) is 36.5. The van der Waals surface area contributed by atoms with E-state index in [2.05, 4.69) is 0 Å². The van der Waals surface area contributed by atoms with Crippen LogP contribution in [-0.4, -0.2) is 23.5 Å². The number of hydrogen-bond donors (Lipinski definition) is 0. The number of carbonyl (C=O) groups excluding carboxylic acids is 3. The maximum atomic E-state index is 12.5. The van der Waals surface area contributed by atoms with E-state index >= 15 is 0 Å². The summed E-state index contributed by atoms with van der Waals surface area (Å²) in [5, 5.41) is 0. The summed E-state index contributed by atoms with van der Waals surface area (Å²) in [6, 6.07) is 6.67. The third-order valence-electron chi connectivity index (χ3n) is 3.67. The molecular weight excluding hydrogens is 244 g/mol. The van der Waals surface area contributed by atoms with Crippen molar-refractivity contribution in [3.8, 4) is 0 Å². The van der Waals surface area contributed by atoms with E-state index in [-0.39, 0.29) is 17.3 Å². The lowest BCUT2D eigenvalue weighted by Crippen LogP contribution is -2.40. The van der Waals surface area contributed by atoms with Crippen molar-refractivity contribution in [1.29, 1.82) is 0 Å². The number of Topliss-reactive ketones (excluding diaryl/α,β-unsaturated/α-hetero) is 3. The van der Waals surface area contributed by atoms with Crippen LogP contribution in [0.1, 0.15) is 34.6 Å². The van der Waals surface area contributed by atoms with Gasteiger partial charge in [-0.3, -0.25) is 14.4 Å². The van der Waals surface area contributed by atoms with Crippen molar-refractivity contribution in [2.75, 3.05) is 0 Å². The second kappa shape index (κ2) is 3.88. The predicted molar refractivity (Wildman–Crippen MR) is 66.8 cm³/mol. The first-order valence-electron chi connectivity index (χ1n) is 6.08. The summed E-state index contributed by atoms with van der Waals surface area (Å²) in [5.41, 5.74) is 1.09. The molecule has 0 unspecified atom stereocenters. The van der Waals surface area contributed by atoms with Gasteiger partial charge in [-0.1, -0.05) is 24.3 Å². The lowest BCUT2D eigenvalue weighted by atomic mass is 9.76. The molecule has 96 valence electrons. The van der Waals surface area contributed by atoms with Crippen LogP contribution in [0.25, 0.3) is 0 Å². The highest BCUT2D eigenvalue weighted by Crippen LogP contribution is 2.39. The topological polar surface area (TPSA) is 60.4 Å². The molecule has 0 bridgehead atoms. The molecule has 4 heteroatoms. The molecule has 1 aliphatic carbocycles. The summed E-state index contributed by atoms with van der Waals surface area (Å²) in [6.07, 6.45) is -0.874. The predicted octanol–water partition coefficient (Wildman–Crippen LogP) is 1.94. The van der Waals surface area contributed by atoms with Gasteiger partial charge >= 0.3 is 0 Å². The SMILES string of the molecule is CC(=O)C1=C(C)O[C@H]2C(=O)c3ccccc3C(=O)[C@H]12. The van der Waals surface area contributed by atoms with Crippen LogP contribution < -0.4 is 0 Å². The van der Waals surface area contributed by atoms with E-state index in [4.69, 9.17) is 4.74 Å². The number of allylic oxidation sites excluding steroid dienone is 1. The Morgan fingerprint density at radius 1 is 1.11 bits per heavy atom. The summed E-state index contributed by atoms with van der Waals surface area (Å²) in [5.74, 6) is -1.04. The first-order chi connectivity index (χ1) is 9.02. The Morgan fingerprint density at radius 2 is 1.68 bits per heavy atom. The molecule has 19 heavy (non-hydrogen) atoms. The fraction of sp³-hybridized carbons (Fsp3) is 0.267. The van der Waals surface area contributed by atoms with Gasteiger partial charge in [-0.2, -0.15) is 0 Å². The van der Waals surface area contributed by atoms with Crippen molar-refractivity contribution >= 4 is 17.3 Å². The molecule has 1 aromatic rings. The fourth-order valence-corrected chi connectivity index (χ4v) is 2.87.